The molecule has 0 radical (unpaired) electrons. The topological polar surface area (TPSA) is 63.1 Å². The fourth-order valence-corrected chi connectivity index (χ4v) is 2.61. The number of rotatable bonds is 5. The number of phenols is 1. The van der Waals surface area contributed by atoms with Crippen LogP contribution in [0.4, 0.5) is 0 Å². The first-order valence-electron chi connectivity index (χ1n) is 7.64. The number of aldehydes is 1. The van der Waals surface area contributed by atoms with Crippen LogP contribution in [0.1, 0.15) is 32.6 Å². The van der Waals surface area contributed by atoms with Crippen LogP contribution in [0.5, 0.6) is 5.75 Å². The van der Waals surface area contributed by atoms with E-state index in [0.717, 1.165) is 22.3 Å². The SMILES string of the molecule is O=Cc1cncc(Cc2cncc(/C=C/c3ccc(O)cc3)c2)c1Cl. The maximum Gasteiger partial charge on any atom is 0.153 e. The molecule has 124 valence electrons. The van der Waals surface area contributed by atoms with Crippen LogP contribution in [-0.4, -0.2) is 21.4 Å². The quantitative estimate of drug-likeness (QED) is 0.692. The highest BCUT2D eigenvalue weighted by molar-refractivity contribution is 6.33. The van der Waals surface area contributed by atoms with Crippen LogP contribution in [0.15, 0.2) is 55.1 Å². The van der Waals surface area contributed by atoms with E-state index in [1.54, 1.807) is 30.7 Å². The molecular formula is C20H15ClN2O2. The third kappa shape index (κ3) is 4.31. The highest BCUT2D eigenvalue weighted by Crippen LogP contribution is 2.22. The van der Waals surface area contributed by atoms with E-state index >= 15 is 0 Å². The van der Waals surface area contributed by atoms with Crippen LogP contribution in [0.3, 0.4) is 0 Å². The minimum atomic E-state index is 0.240. The Balaban J connectivity index is 1.80. The molecule has 1 aromatic carbocycles. The van der Waals surface area contributed by atoms with Gasteiger partial charge in [-0.3, -0.25) is 14.8 Å². The number of aromatic hydroxyl groups is 1. The Labute approximate surface area is 150 Å². The molecule has 0 fully saturated rings. The number of hydrogen-bond donors (Lipinski definition) is 1. The number of carbonyl (C=O) groups excluding carboxylic acids is 1. The molecule has 2 aromatic heterocycles. The van der Waals surface area contributed by atoms with Gasteiger partial charge in [-0.05, 0) is 40.5 Å². The summed E-state index contributed by atoms with van der Waals surface area (Å²) in [6.45, 7) is 0. The van der Waals surface area contributed by atoms with Gasteiger partial charge in [0, 0.05) is 31.2 Å². The van der Waals surface area contributed by atoms with E-state index in [9.17, 15) is 9.90 Å². The lowest BCUT2D eigenvalue weighted by Gasteiger charge is -2.06. The van der Waals surface area contributed by atoms with Gasteiger partial charge >= 0.3 is 0 Å². The maximum absolute atomic E-state index is 11.0. The number of carbonyl (C=O) groups is 1. The highest BCUT2D eigenvalue weighted by atomic mass is 35.5. The van der Waals surface area contributed by atoms with Crippen LogP contribution in [-0.2, 0) is 6.42 Å². The van der Waals surface area contributed by atoms with Gasteiger partial charge in [-0.15, -0.1) is 0 Å². The zero-order chi connectivity index (χ0) is 17.6. The average molecular weight is 351 g/mol. The van der Waals surface area contributed by atoms with E-state index < -0.39 is 0 Å². The van der Waals surface area contributed by atoms with Gasteiger partial charge in [-0.25, -0.2) is 0 Å². The molecule has 0 aliphatic rings. The number of nitrogens with zero attached hydrogens (tertiary/aromatic N) is 2. The zero-order valence-corrected chi connectivity index (χ0v) is 14.0. The molecule has 0 atom stereocenters. The Kier molecular flexibility index (Phi) is 5.21. The molecule has 0 aliphatic carbocycles. The summed E-state index contributed by atoms with van der Waals surface area (Å²) in [5.74, 6) is 0.240. The van der Waals surface area contributed by atoms with Gasteiger partial charge in [0.1, 0.15) is 5.75 Å². The number of pyridine rings is 2. The number of benzene rings is 1. The van der Waals surface area contributed by atoms with Crippen molar-refractivity contribution in [1.29, 1.82) is 0 Å². The molecule has 0 unspecified atom stereocenters. The predicted molar refractivity (Wildman–Crippen MR) is 98.7 cm³/mol. The van der Waals surface area contributed by atoms with Crippen molar-refractivity contribution in [2.24, 2.45) is 0 Å². The van der Waals surface area contributed by atoms with Crippen LogP contribution >= 0.6 is 11.6 Å². The summed E-state index contributed by atoms with van der Waals surface area (Å²) in [5, 5.41) is 9.73. The highest BCUT2D eigenvalue weighted by Gasteiger charge is 2.07. The van der Waals surface area contributed by atoms with Crippen LogP contribution < -0.4 is 0 Å². The first kappa shape index (κ1) is 16.9. The van der Waals surface area contributed by atoms with Crippen LogP contribution in [0, 0.1) is 0 Å². The second-order valence-corrected chi connectivity index (χ2v) is 5.93. The molecule has 0 saturated carbocycles. The van der Waals surface area contributed by atoms with Crippen molar-refractivity contribution in [3.63, 3.8) is 0 Å². The lowest BCUT2D eigenvalue weighted by molar-refractivity contribution is 0.112. The third-order valence-corrected chi connectivity index (χ3v) is 4.14. The molecule has 0 bridgehead atoms. The van der Waals surface area contributed by atoms with Gasteiger partial charge in [0.15, 0.2) is 6.29 Å². The molecule has 5 heteroatoms. The molecule has 0 aliphatic heterocycles. The van der Waals surface area contributed by atoms with Crippen molar-refractivity contribution in [2.75, 3.05) is 0 Å². The van der Waals surface area contributed by atoms with Crippen molar-refractivity contribution >= 4 is 30.0 Å². The Morgan fingerprint density at radius 3 is 2.44 bits per heavy atom. The summed E-state index contributed by atoms with van der Waals surface area (Å²) in [6.07, 6.45) is 11.8. The van der Waals surface area contributed by atoms with E-state index in [4.69, 9.17) is 11.6 Å². The van der Waals surface area contributed by atoms with Gasteiger partial charge in [0.25, 0.3) is 0 Å². The fraction of sp³-hybridized carbons (Fsp3) is 0.0500. The Hall–Kier alpha value is -2.98. The summed E-state index contributed by atoms with van der Waals surface area (Å²) in [6, 6.07) is 8.96. The van der Waals surface area contributed by atoms with Crippen molar-refractivity contribution in [3.05, 3.63) is 88.0 Å². The van der Waals surface area contributed by atoms with E-state index in [-0.39, 0.29) is 5.75 Å². The van der Waals surface area contributed by atoms with Gasteiger partial charge in [-0.2, -0.15) is 0 Å². The molecular weight excluding hydrogens is 336 g/mol. The standard InChI is InChI=1S/C20H15ClN2O2/c21-20-17(11-23-12-18(20)13-24)8-16-7-15(9-22-10-16)2-1-14-3-5-19(25)6-4-14/h1-7,9-13,25H,8H2/b2-1+. The largest absolute Gasteiger partial charge is 0.508 e. The van der Waals surface area contributed by atoms with Crippen LogP contribution in [0.2, 0.25) is 5.02 Å². The van der Waals surface area contributed by atoms with Crippen molar-refractivity contribution in [1.82, 2.24) is 9.97 Å². The summed E-state index contributed by atoms with van der Waals surface area (Å²) in [5.41, 5.74) is 4.07. The minimum Gasteiger partial charge on any atom is -0.508 e. The van der Waals surface area contributed by atoms with Crippen LogP contribution in [0.25, 0.3) is 12.2 Å². The average Bonchev–Trinajstić information content (AvgIpc) is 2.63. The molecule has 0 amide bonds. The van der Waals surface area contributed by atoms with E-state index in [2.05, 4.69) is 9.97 Å². The number of phenolic OH excluding ortho intramolecular Hbond substituents is 1. The van der Waals surface area contributed by atoms with Gasteiger partial charge in [0.2, 0.25) is 0 Å². The number of hydrogen-bond acceptors (Lipinski definition) is 4. The molecule has 3 aromatic rings. The molecule has 1 N–H and O–H groups in total. The second-order valence-electron chi connectivity index (χ2n) is 5.55. The zero-order valence-electron chi connectivity index (χ0n) is 13.3. The first-order valence-corrected chi connectivity index (χ1v) is 8.02. The monoisotopic (exact) mass is 350 g/mol. The summed E-state index contributed by atoms with van der Waals surface area (Å²) >= 11 is 6.23. The summed E-state index contributed by atoms with van der Waals surface area (Å²) < 4.78 is 0. The van der Waals surface area contributed by atoms with Gasteiger partial charge < -0.3 is 5.11 Å². The predicted octanol–water partition coefficient (Wildman–Crippen LogP) is 4.41. The minimum absolute atomic E-state index is 0.240. The third-order valence-electron chi connectivity index (χ3n) is 3.68. The van der Waals surface area contributed by atoms with Gasteiger partial charge in [-0.1, -0.05) is 35.9 Å². The molecule has 25 heavy (non-hydrogen) atoms. The lowest BCUT2D eigenvalue weighted by atomic mass is 10.0. The Morgan fingerprint density at radius 2 is 1.68 bits per heavy atom. The molecule has 3 rings (SSSR count). The second kappa shape index (κ2) is 7.73. The Bertz CT molecular complexity index is 921. The lowest BCUT2D eigenvalue weighted by Crippen LogP contribution is -1.96. The van der Waals surface area contributed by atoms with Crippen molar-refractivity contribution in [3.8, 4) is 5.75 Å². The number of halogens is 1. The molecule has 0 spiro atoms. The molecule has 0 saturated heterocycles. The van der Waals surface area contributed by atoms with Crippen molar-refractivity contribution < 1.29 is 9.90 Å². The smallest absolute Gasteiger partial charge is 0.153 e. The normalized spacial score (nSPS) is 10.9. The molecule has 2 heterocycles. The van der Waals surface area contributed by atoms with E-state index in [1.807, 2.05) is 30.4 Å². The van der Waals surface area contributed by atoms with E-state index in [1.165, 1.54) is 6.20 Å². The maximum atomic E-state index is 11.0. The summed E-state index contributed by atoms with van der Waals surface area (Å²) in [7, 11) is 0. The van der Waals surface area contributed by atoms with E-state index in [0.29, 0.717) is 23.3 Å². The first-order chi connectivity index (χ1) is 12.2. The summed E-state index contributed by atoms with van der Waals surface area (Å²) in [4.78, 5) is 19.3. The Morgan fingerprint density at radius 1 is 0.960 bits per heavy atom. The molecule has 4 nitrogen and oxygen atoms in total. The number of aromatic nitrogens is 2. The van der Waals surface area contributed by atoms with Crippen molar-refractivity contribution in [2.45, 2.75) is 6.42 Å². The fourth-order valence-electron chi connectivity index (χ4n) is 2.40. The van der Waals surface area contributed by atoms with Gasteiger partial charge in [0.05, 0.1) is 10.6 Å².